The van der Waals surface area contributed by atoms with Gasteiger partial charge in [-0.25, -0.2) is 26.3 Å². The Kier molecular flexibility index (Phi) is 18.2. The van der Waals surface area contributed by atoms with E-state index in [2.05, 4.69) is 16.0 Å². The lowest BCUT2D eigenvalue weighted by molar-refractivity contribution is -0.123. The van der Waals surface area contributed by atoms with Gasteiger partial charge in [-0.1, -0.05) is 72.3 Å². The Balaban J connectivity index is 0.000000172. The van der Waals surface area contributed by atoms with Crippen LogP contribution in [0.4, 0.5) is 43.4 Å². The lowest BCUT2D eigenvalue weighted by Crippen LogP contribution is -2.46. The summed E-state index contributed by atoms with van der Waals surface area (Å²) >= 11 is 6.13. The van der Waals surface area contributed by atoms with E-state index in [0.29, 0.717) is 38.9 Å². The Hall–Kier alpha value is -6.64. The van der Waals surface area contributed by atoms with Gasteiger partial charge >= 0.3 is 0 Å². The monoisotopic (exact) mass is 1110 g/mol. The van der Waals surface area contributed by atoms with Crippen molar-refractivity contribution >= 4 is 46.4 Å². The Morgan fingerprint density at radius 3 is 1.06 bits per heavy atom. The van der Waals surface area contributed by atoms with Gasteiger partial charge in [0.05, 0.1) is 69.7 Å². The number of rotatable bonds is 15. The van der Waals surface area contributed by atoms with Crippen molar-refractivity contribution in [3.8, 4) is 0 Å². The van der Waals surface area contributed by atoms with Gasteiger partial charge in [-0.15, -0.1) is 0 Å². The molecule has 6 N–H and O–H groups in total. The predicted molar refractivity (Wildman–Crippen MR) is 293 cm³/mol. The maximum Gasteiger partial charge on any atom is 0.237 e. The van der Waals surface area contributed by atoms with Crippen molar-refractivity contribution in [2.24, 2.45) is 0 Å². The topological polar surface area (TPSA) is 158 Å². The highest BCUT2D eigenvalue weighted by Gasteiger charge is 2.52. The highest BCUT2D eigenvalue weighted by atomic mass is 35.5. The summed E-state index contributed by atoms with van der Waals surface area (Å²) in [5, 5.41) is 41.2. The molecule has 3 amide bonds. The average Bonchev–Trinajstić information content (AvgIpc) is 4.09. The number of amides is 3. The molecule has 0 radical (unpaired) electrons. The minimum Gasteiger partial charge on any atom is -0.389 e. The van der Waals surface area contributed by atoms with Crippen LogP contribution >= 0.6 is 11.6 Å². The first-order valence-electron chi connectivity index (χ1n) is 25.6. The first-order chi connectivity index (χ1) is 37.2. The lowest BCUT2D eigenvalue weighted by Gasteiger charge is -2.34. The number of benzene rings is 6. The van der Waals surface area contributed by atoms with E-state index in [1.807, 2.05) is 0 Å². The normalized spacial score (nSPS) is 17.9. The quantitative estimate of drug-likeness (QED) is 0.0552. The molecule has 3 aliphatic rings. The molecule has 3 aliphatic heterocycles. The van der Waals surface area contributed by atoms with Gasteiger partial charge in [0.25, 0.3) is 0 Å². The van der Waals surface area contributed by atoms with Crippen LogP contribution in [-0.2, 0) is 30.6 Å². The van der Waals surface area contributed by atoms with Crippen LogP contribution in [0, 0.1) is 34.9 Å². The number of nitrogens with zero attached hydrogens (tertiary/aromatic N) is 3. The lowest BCUT2D eigenvalue weighted by atomic mass is 9.86. The second-order valence-corrected chi connectivity index (χ2v) is 21.8. The number of anilines is 3. The number of aliphatic hydroxyl groups excluding tert-OH is 3. The van der Waals surface area contributed by atoms with Gasteiger partial charge < -0.3 is 31.3 Å². The SMILES string of the molecule is CNC[C@@H](O)[C@H](c1cc(F)cc(F)c1)N1C(=O)C(C)(C)c2cccc(F)c21.CNC[C@@H](O)[C@H](c1cccc(Cl)c1)N1C(=O)C(C)(C)c2cccc(F)c21.CNC[C@@H](O)[C@H](c1cccc(F)c1)N1C(=O)C(C)(C)c2cccc(F)c21. The fraction of sp³-hybridized carbons (Fsp3) is 0.350. The largest absolute Gasteiger partial charge is 0.389 e. The van der Waals surface area contributed by atoms with E-state index in [0.717, 1.165) is 17.0 Å². The molecular weight excluding hydrogens is 1050 g/mol. The summed E-state index contributed by atoms with van der Waals surface area (Å²) in [5.74, 6) is -4.86. The van der Waals surface area contributed by atoms with Crippen LogP contribution in [0.25, 0.3) is 0 Å². The Morgan fingerprint density at radius 1 is 0.430 bits per heavy atom. The van der Waals surface area contributed by atoms with Crippen molar-refractivity contribution in [2.45, 2.75) is 94.2 Å². The Bertz CT molecular complexity index is 3080. The van der Waals surface area contributed by atoms with Crippen LogP contribution in [0.2, 0.25) is 5.02 Å². The van der Waals surface area contributed by atoms with Gasteiger partial charge in [0.15, 0.2) is 0 Å². The molecule has 0 aromatic heterocycles. The molecule has 6 aromatic rings. The zero-order chi connectivity index (χ0) is 58.1. The van der Waals surface area contributed by atoms with E-state index < -0.39 is 93.5 Å². The van der Waals surface area contributed by atoms with Gasteiger partial charge in [0, 0.05) is 30.7 Å². The van der Waals surface area contributed by atoms with Gasteiger partial charge in [0.1, 0.15) is 34.9 Å². The van der Waals surface area contributed by atoms with Crippen LogP contribution < -0.4 is 30.7 Å². The van der Waals surface area contributed by atoms with E-state index >= 15 is 0 Å². The van der Waals surface area contributed by atoms with E-state index in [-0.39, 0.29) is 54.1 Å². The van der Waals surface area contributed by atoms with Crippen LogP contribution in [0.5, 0.6) is 0 Å². The minimum absolute atomic E-state index is 0.0253. The maximum absolute atomic E-state index is 14.7. The Morgan fingerprint density at radius 2 is 0.734 bits per heavy atom. The summed E-state index contributed by atoms with van der Waals surface area (Å²) in [6.45, 7) is 10.7. The highest BCUT2D eigenvalue weighted by molar-refractivity contribution is 6.30. The van der Waals surface area contributed by atoms with Crippen molar-refractivity contribution in [3.63, 3.8) is 0 Å². The van der Waals surface area contributed by atoms with Crippen LogP contribution in [0.3, 0.4) is 0 Å². The van der Waals surface area contributed by atoms with Crippen molar-refractivity contribution in [3.05, 3.63) is 195 Å². The zero-order valence-corrected chi connectivity index (χ0v) is 45.9. The van der Waals surface area contributed by atoms with Crippen molar-refractivity contribution in [2.75, 3.05) is 55.5 Å². The molecule has 0 unspecified atom stereocenters. The Labute approximate surface area is 461 Å². The molecule has 0 spiro atoms. The molecule has 0 fully saturated rings. The predicted octanol–water partition coefficient (Wildman–Crippen LogP) is 9.39. The standard InChI is InChI=1S/C20H22ClFN2O2.C20H21F3N2O2.C20H22F2N2O2/c1-20(2)14-8-5-9-15(22)18(14)24(19(20)26)17(16(25)11-23-3)12-6-4-7-13(21)10-12;1-20(2)14-5-4-6-15(23)18(14)25(19(20)27)17(16(26)10-24-3)11-7-12(21)9-13(22)8-11;1-20(2)14-8-5-9-15(22)18(14)24(19(20)26)17(16(25)11-23-3)12-6-4-7-13(21)10-12/h4-10,16-17,23,25H,11H2,1-3H3;4-9,16-17,24,26H,10H2,1-3H3;4-10,16-17,23,25H,11H2,1-3H3/t3*16-,17+/m111/s1. The van der Waals surface area contributed by atoms with Crippen LogP contribution in [-0.4, -0.2) is 92.1 Å². The first kappa shape index (κ1) is 60.0. The molecule has 12 nitrogen and oxygen atoms in total. The van der Waals surface area contributed by atoms with Crippen molar-refractivity contribution in [1.82, 2.24) is 16.0 Å². The molecule has 0 saturated heterocycles. The second kappa shape index (κ2) is 24.0. The third kappa shape index (κ3) is 11.6. The third-order valence-electron chi connectivity index (χ3n) is 14.7. The van der Waals surface area contributed by atoms with E-state index in [4.69, 9.17) is 11.6 Å². The van der Waals surface area contributed by atoms with E-state index in [1.165, 1.54) is 52.3 Å². The number of nitrogens with one attached hydrogen (secondary N) is 3. The summed E-state index contributed by atoms with van der Waals surface area (Å²) in [7, 11) is 4.97. The molecular formula is C60H65ClF6N6O6. The number of para-hydroxylation sites is 3. The number of hydrogen-bond acceptors (Lipinski definition) is 9. The molecule has 420 valence electrons. The smallest absolute Gasteiger partial charge is 0.237 e. The fourth-order valence-electron chi connectivity index (χ4n) is 10.9. The van der Waals surface area contributed by atoms with Crippen LogP contribution in [0.1, 0.15) is 93.0 Å². The van der Waals surface area contributed by atoms with Gasteiger partial charge in [-0.3, -0.25) is 29.1 Å². The molecule has 0 aliphatic carbocycles. The minimum atomic E-state index is -1.22. The van der Waals surface area contributed by atoms with Crippen LogP contribution in [0.15, 0.2) is 121 Å². The molecule has 9 rings (SSSR count). The highest BCUT2D eigenvalue weighted by Crippen LogP contribution is 2.50. The maximum atomic E-state index is 14.7. The van der Waals surface area contributed by atoms with E-state index in [1.54, 1.807) is 123 Å². The first-order valence-corrected chi connectivity index (χ1v) is 26.0. The second-order valence-electron chi connectivity index (χ2n) is 21.3. The molecule has 3 heterocycles. The van der Waals surface area contributed by atoms with Crippen molar-refractivity contribution in [1.29, 1.82) is 0 Å². The zero-order valence-electron chi connectivity index (χ0n) is 45.2. The number of hydrogen-bond donors (Lipinski definition) is 6. The summed E-state index contributed by atoms with van der Waals surface area (Å²) in [5.41, 5.74) is 0.283. The molecule has 19 heteroatoms. The molecule has 79 heavy (non-hydrogen) atoms. The fourth-order valence-corrected chi connectivity index (χ4v) is 11.1. The number of fused-ring (bicyclic) bond motifs is 3. The van der Waals surface area contributed by atoms with E-state index in [9.17, 15) is 56.0 Å². The van der Waals surface area contributed by atoms with Gasteiger partial charge in [-0.05, 0) is 151 Å². The number of halogens is 7. The summed E-state index contributed by atoms with van der Waals surface area (Å²) < 4.78 is 85.6. The van der Waals surface area contributed by atoms with Gasteiger partial charge in [0.2, 0.25) is 17.7 Å². The molecule has 0 bridgehead atoms. The molecule has 0 saturated carbocycles. The third-order valence-corrected chi connectivity index (χ3v) is 15.0. The number of carbonyl (C=O) groups excluding carboxylic acids is 3. The summed E-state index contributed by atoms with van der Waals surface area (Å²) in [4.78, 5) is 43.4. The summed E-state index contributed by atoms with van der Waals surface area (Å²) in [6, 6.07) is 26.2. The van der Waals surface area contributed by atoms with Crippen molar-refractivity contribution < 1.29 is 56.0 Å². The molecule has 6 aromatic carbocycles. The number of aliphatic hydroxyl groups is 3. The molecule has 6 atom stereocenters. The number of likely N-dealkylation sites (N-methyl/N-ethyl adjacent to an activating group) is 3. The van der Waals surface area contributed by atoms with Gasteiger partial charge in [-0.2, -0.15) is 0 Å². The summed E-state index contributed by atoms with van der Waals surface area (Å²) in [6.07, 6.45) is -3.21. The average molecular weight is 1120 g/mol. The number of carbonyl (C=O) groups is 3.